The third-order valence-electron chi connectivity index (χ3n) is 2.43. The van der Waals surface area contributed by atoms with Gasteiger partial charge in [-0.25, -0.2) is 0 Å². The zero-order valence-corrected chi connectivity index (χ0v) is 9.25. The lowest BCUT2D eigenvalue weighted by atomic mass is 10.1. The highest BCUT2D eigenvalue weighted by Gasteiger charge is 2.30. The number of hydrogen-bond donors (Lipinski definition) is 2. The molecule has 4 heteroatoms. The molecular weight excluding hydrogens is 210 g/mol. The van der Waals surface area contributed by atoms with Gasteiger partial charge in [-0.15, -0.1) is 11.8 Å². The van der Waals surface area contributed by atoms with Crippen LogP contribution in [0, 0.1) is 6.92 Å². The maximum Gasteiger partial charge on any atom is 0.321 e. The summed E-state index contributed by atoms with van der Waals surface area (Å²) in [6.07, 6.45) is 0. The molecule has 3 nitrogen and oxygen atoms in total. The van der Waals surface area contributed by atoms with E-state index in [4.69, 9.17) is 5.11 Å². The first-order valence-corrected chi connectivity index (χ1v) is 5.89. The van der Waals surface area contributed by atoms with Crippen LogP contribution in [0.5, 0.6) is 0 Å². The van der Waals surface area contributed by atoms with E-state index in [9.17, 15) is 4.79 Å². The number of carboxylic acids is 1. The molecule has 0 aliphatic carbocycles. The molecule has 1 aliphatic rings. The summed E-state index contributed by atoms with van der Waals surface area (Å²) in [6.45, 7) is 2.04. The minimum atomic E-state index is -0.766. The SMILES string of the molecule is Cc1cccc(C2N[C@@H](C(=O)O)CS2)c1. The minimum absolute atomic E-state index is 0.117. The molecule has 80 valence electrons. The van der Waals surface area contributed by atoms with Gasteiger partial charge in [-0.2, -0.15) is 0 Å². The van der Waals surface area contributed by atoms with Crippen LogP contribution in [0.25, 0.3) is 0 Å². The molecule has 1 aliphatic heterocycles. The van der Waals surface area contributed by atoms with E-state index in [1.807, 2.05) is 25.1 Å². The van der Waals surface area contributed by atoms with Crippen molar-refractivity contribution in [1.82, 2.24) is 5.32 Å². The lowest BCUT2D eigenvalue weighted by molar-refractivity contribution is -0.138. The molecular formula is C11H13NO2S. The fraction of sp³-hybridized carbons (Fsp3) is 0.364. The summed E-state index contributed by atoms with van der Waals surface area (Å²) in [5.41, 5.74) is 2.36. The average molecular weight is 223 g/mol. The van der Waals surface area contributed by atoms with E-state index in [0.29, 0.717) is 5.75 Å². The first-order chi connectivity index (χ1) is 7.16. The van der Waals surface area contributed by atoms with Crippen molar-refractivity contribution in [3.05, 3.63) is 35.4 Å². The van der Waals surface area contributed by atoms with Crippen LogP contribution in [0.4, 0.5) is 0 Å². The van der Waals surface area contributed by atoms with Gasteiger partial charge in [0.2, 0.25) is 0 Å². The molecule has 1 aromatic rings. The highest BCUT2D eigenvalue weighted by atomic mass is 32.2. The fourth-order valence-electron chi connectivity index (χ4n) is 1.64. The standard InChI is InChI=1S/C11H13NO2S/c1-7-3-2-4-8(5-7)10-12-9(6-15-10)11(13)14/h2-5,9-10,12H,6H2,1H3,(H,13,14)/t9-,10?/m1/s1. The Labute approximate surface area is 92.9 Å². The van der Waals surface area contributed by atoms with Gasteiger partial charge in [-0.1, -0.05) is 29.8 Å². The van der Waals surface area contributed by atoms with Crippen LogP contribution in [0.2, 0.25) is 0 Å². The summed E-state index contributed by atoms with van der Waals surface area (Å²) in [7, 11) is 0. The van der Waals surface area contributed by atoms with E-state index in [1.165, 1.54) is 5.56 Å². The maximum absolute atomic E-state index is 10.8. The number of benzene rings is 1. The lowest BCUT2D eigenvalue weighted by Gasteiger charge is -2.11. The van der Waals surface area contributed by atoms with E-state index >= 15 is 0 Å². The topological polar surface area (TPSA) is 49.3 Å². The quantitative estimate of drug-likeness (QED) is 0.802. The Morgan fingerprint density at radius 1 is 1.60 bits per heavy atom. The molecule has 1 saturated heterocycles. The van der Waals surface area contributed by atoms with Crippen LogP contribution in [0.3, 0.4) is 0 Å². The monoisotopic (exact) mass is 223 g/mol. The van der Waals surface area contributed by atoms with Crippen molar-refractivity contribution in [3.8, 4) is 0 Å². The van der Waals surface area contributed by atoms with E-state index in [1.54, 1.807) is 11.8 Å². The highest BCUT2D eigenvalue weighted by molar-refractivity contribution is 7.99. The molecule has 0 bridgehead atoms. The lowest BCUT2D eigenvalue weighted by Crippen LogP contribution is -2.33. The van der Waals surface area contributed by atoms with Gasteiger partial charge >= 0.3 is 5.97 Å². The zero-order valence-electron chi connectivity index (χ0n) is 8.43. The van der Waals surface area contributed by atoms with E-state index in [0.717, 1.165) is 5.56 Å². The van der Waals surface area contributed by atoms with Crippen molar-refractivity contribution in [2.45, 2.75) is 18.3 Å². The van der Waals surface area contributed by atoms with Crippen molar-refractivity contribution < 1.29 is 9.90 Å². The van der Waals surface area contributed by atoms with Gasteiger partial charge in [-0.05, 0) is 12.5 Å². The normalized spacial score (nSPS) is 25.4. The summed E-state index contributed by atoms with van der Waals surface area (Å²) in [4.78, 5) is 10.8. The second-order valence-corrected chi connectivity index (χ2v) is 4.82. The van der Waals surface area contributed by atoms with Gasteiger partial charge < -0.3 is 5.11 Å². The van der Waals surface area contributed by atoms with E-state index in [-0.39, 0.29) is 5.37 Å². The largest absolute Gasteiger partial charge is 0.480 e. The Morgan fingerprint density at radius 3 is 3.00 bits per heavy atom. The van der Waals surface area contributed by atoms with Crippen LogP contribution in [-0.4, -0.2) is 22.9 Å². The Morgan fingerprint density at radius 2 is 2.40 bits per heavy atom. The minimum Gasteiger partial charge on any atom is -0.480 e. The molecule has 15 heavy (non-hydrogen) atoms. The third kappa shape index (κ3) is 2.33. The van der Waals surface area contributed by atoms with Gasteiger partial charge in [0.25, 0.3) is 0 Å². The molecule has 0 spiro atoms. The van der Waals surface area contributed by atoms with Gasteiger partial charge in [0.05, 0.1) is 5.37 Å². The van der Waals surface area contributed by atoms with Crippen LogP contribution >= 0.6 is 11.8 Å². The number of nitrogens with one attached hydrogen (secondary N) is 1. The molecule has 2 rings (SSSR count). The molecule has 1 unspecified atom stereocenters. The van der Waals surface area contributed by atoms with Crippen molar-refractivity contribution in [1.29, 1.82) is 0 Å². The van der Waals surface area contributed by atoms with Gasteiger partial charge in [-0.3, -0.25) is 10.1 Å². The van der Waals surface area contributed by atoms with E-state index in [2.05, 4.69) is 11.4 Å². The number of carbonyl (C=O) groups is 1. The molecule has 0 amide bonds. The van der Waals surface area contributed by atoms with Crippen LogP contribution in [-0.2, 0) is 4.79 Å². The fourth-order valence-corrected chi connectivity index (χ4v) is 2.86. The van der Waals surface area contributed by atoms with E-state index < -0.39 is 12.0 Å². The molecule has 1 heterocycles. The predicted molar refractivity (Wildman–Crippen MR) is 60.9 cm³/mol. The number of rotatable bonds is 2. The molecule has 0 aromatic heterocycles. The van der Waals surface area contributed by atoms with Crippen molar-refractivity contribution in [2.75, 3.05) is 5.75 Å². The number of aliphatic carboxylic acids is 1. The first-order valence-electron chi connectivity index (χ1n) is 4.84. The Hall–Kier alpha value is -1.00. The number of hydrogen-bond acceptors (Lipinski definition) is 3. The van der Waals surface area contributed by atoms with Crippen LogP contribution < -0.4 is 5.32 Å². The van der Waals surface area contributed by atoms with Crippen LogP contribution in [0.15, 0.2) is 24.3 Å². The average Bonchev–Trinajstić information content (AvgIpc) is 2.66. The molecule has 1 fully saturated rings. The maximum atomic E-state index is 10.8. The van der Waals surface area contributed by atoms with Crippen LogP contribution in [0.1, 0.15) is 16.5 Å². The van der Waals surface area contributed by atoms with Crippen molar-refractivity contribution in [3.63, 3.8) is 0 Å². The second-order valence-electron chi connectivity index (χ2n) is 3.69. The summed E-state index contributed by atoms with van der Waals surface area (Å²) < 4.78 is 0. The Kier molecular flexibility index (Phi) is 2.98. The molecule has 2 atom stereocenters. The van der Waals surface area contributed by atoms with Gasteiger partial charge in [0.15, 0.2) is 0 Å². The van der Waals surface area contributed by atoms with Gasteiger partial charge in [0, 0.05) is 5.75 Å². The number of aryl methyl sites for hydroxylation is 1. The zero-order chi connectivity index (χ0) is 10.8. The van der Waals surface area contributed by atoms with Crippen molar-refractivity contribution >= 4 is 17.7 Å². The Bertz CT molecular complexity index is 381. The summed E-state index contributed by atoms with van der Waals surface area (Å²) in [5, 5.41) is 12.1. The summed E-state index contributed by atoms with van der Waals surface area (Å²) in [6, 6.07) is 7.75. The number of thioether (sulfide) groups is 1. The smallest absolute Gasteiger partial charge is 0.321 e. The Balaban J connectivity index is 2.11. The second kappa shape index (κ2) is 4.24. The predicted octanol–water partition coefficient (Wildman–Crippen LogP) is 1.78. The van der Waals surface area contributed by atoms with Gasteiger partial charge in [0.1, 0.15) is 6.04 Å². The summed E-state index contributed by atoms with van der Waals surface area (Å²) in [5.74, 6) is -0.133. The first kappa shape index (κ1) is 10.5. The highest BCUT2D eigenvalue weighted by Crippen LogP contribution is 2.32. The van der Waals surface area contributed by atoms with Crippen molar-refractivity contribution in [2.24, 2.45) is 0 Å². The molecule has 0 radical (unpaired) electrons. The molecule has 1 aromatic carbocycles. The molecule has 0 saturated carbocycles. The molecule has 2 N–H and O–H groups in total. The summed E-state index contributed by atoms with van der Waals surface area (Å²) >= 11 is 1.65. The third-order valence-corrected chi connectivity index (χ3v) is 3.69. The number of carboxylic acid groups (broad SMARTS) is 1.